The van der Waals surface area contributed by atoms with Gasteiger partial charge in [0.1, 0.15) is 17.6 Å². The summed E-state index contributed by atoms with van der Waals surface area (Å²) in [5.74, 6) is -2.21. The van der Waals surface area contributed by atoms with Crippen LogP contribution in [-0.2, 0) is 16.0 Å². The standard InChI is InChI=1S/C27H30O8/c1-12(28)17-11-27(10-16-6-7-19(29)13(2)35-16)18(24(32)23(17)31)9-15-8-14-4-3-5-20(30)21(14)25(33)22(15)26(27)34/h3-5,8,11,13,16,18-19,23-24,29-33H,6-7,9-10H2,1-2H3/t13-,16?,18-,19-,23+,24-,27+/m0/s1. The van der Waals surface area contributed by atoms with Crippen molar-refractivity contribution in [3.05, 3.63) is 47.0 Å². The Morgan fingerprint density at radius 1 is 1.17 bits per heavy atom. The van der Waals surface area contributed by atoms with Crippen molar-refractivity contribution < 1.29 is 39.9 Å². The van der Waals surface area contributed by atoms with Gasteiger partial charge in [0.05, 0.1) is 40.8 Å². The molecule has 1 fully saturated rings. The minimum Gasteiger partial charge on any atom is -0.507 e. The van der Waals surface area contributed by atoms with Crippen molar-refractivity contribution in [2.24, 2.45) is 11.3 Å². The highest BCUT2D eigenvalue weighted by atomic mass is 16.5. The second-order valence-electron chi connectivity index (χ2n) is 10.2. The van der Waals surface area contributed by atoms with Crippen LogP contribution in [0.3, 0.4) is 0 Å². The molecular formula is C27H30O8. The van der Waals surface area contributed by atoms with Crippen molar-refractivity contribution in [1.82, 2.24) is 0 Å². The van der Waals surface area contributed by atoms with Crippen LogP contribution in [0.5, 0.6) is 11.5 Å². The number of hydrogen-bond donors (Lipinski definition) is 5. The van der Waals surface area contributed by atoms with Gasteiger partial charge in [0.2, 0.25) is 0 Å². The molecule has 186 valence electrons. The Morgan fingerprint density at radius 3 is 2.60 bits per heavy atom. The number of benzene rings is 2. The number of carbonyl (C=O) groups is 2. The summed E-state index contributed by atoms with van der Waals surface area (Å²) in [6, 6.07) is 6.49. The Labute approximate surface area is 202 Å². The van der Waals surface area contributed by atoms with E-state index >= 15 is 0 Å². The van der Waals surface area contributed by atoms with Crippen molar-refractivity contribution in [3.63, 3.8) is 0 Å². The van der Waals surface area contributed by atoms with Gasteiger partial charge in [0.25, 0.3) is 0 Å². The Morgan fingerprint density at radius 2 is 1.91 bits per heavy atom. The number of hydrogen-bond acceptors (Lipinski definition) is 8. The molecule has 0 saturated carbocycles. The fourth-order valence-corrected chi connectivity index (χ4v) is 6.27. The zero-order chi connectivity index (χ0) is 25.2. The lowest BCUT2D eigenvalue weighted by Gasteiger charge is -2.50. The van der Waals surface area contributed by atoms with Crippen molar-refractivity contribution in [2.45, 2.75) is 70.1 Å². The smallest absolute Gasteiger partial charge is 0.177 e. The molecule has 8 heteroatoms. The van der Waals surface area contributed by atoms with Gasteiger partial charge in [-0.15, -0.1) is 0 Å². The fraction of sp³-hybridized carbons (Fsp3) is 0.481. The summed E-state index contributed by atoms with van der Waals surface area (Å²) in [6.07, 6.45) is -1.61. The Kier molecular flexibility index (Phi) is 5.75. The lowest BCUT2D eigenvalue weighted by atomic mass is 9.55. The second-order valence-corrected chi connectivity index (χ2v) is 10.2. The summed E-state index contributed by atoms with van der Waals surface area (Å²) in [7, 11) is 0. The third kappa shape index (κ3) is 3.59. The van der Waals surface area contributed by atoms with Crippen LogP contribution in [0.1, 0.15) is 49.0 Å². The van der Waals surface area contributed by atoms with Gasteiger partial charge in [-0.2, -0.15) is 0 Å². The van der Waals surface area contributed by atoms with Crippen LogP contribution in [0.4, 0.5) is 0 Å². The zero-order valence-corrected chi connectivity index (χ0v) is 19.6. The molecular weight excluding hydrogens is 452 g/mol. The zero-order valence-electron chi connectivity index (χ0n) is 19.6. The Hall–Kier alpha value is -2.78. The molecule has 7 atom stereocenters. The summed E-state index contributed by atoms with van der Waals surface area (Å²) >= 11 is 0. The first kappa shape index (κ1) is 23.9. The molecule has 1 unspecified atom stereocenters. The van der Waals surface area contributed by atoms with E-state index in [0.29, 0.717) is 23.8 Å². The molecule has 1 heterocycles. The molecule has 1 aliphatic heterocycles. The van der Waals surface area contributed by atoms with Gasteiger partial charge in [0, 0.05) is 11.5 Å². The van der Waals surface area contributed by atoms with Gasteiger partial charge in [-0.1, -0.05) is 24.3 Å². The number of phenolic OH excluding ortho intramolecular Hbond substituents is 2. The van der Waals surface area contributed by atoms with Crippen molar-refractivity contribution >= 4 is 22.3 Å². The van der Waals surface area contributed by atoms with Gasteiger partial charge in [-0.05, 0) is 56.5 Å². The number of phenols is 2. The van der Waals surface area contributed by atoms with Crippen molar-refractivity contribution in [1.29, 1.82) is 0 Å². The summed E-state index contributed by atoms with van der Waals surface area (Å²) < 4.78 is 6.00. The predicted molar refractivity (Wildman–Crippen MR) is 126 cm³/mol. The first-order valence-electron chi connectivity index (χ1n) is 12.0. The van der Waals surface area contributed by atoms with E-state index in [1.165, 1.54) is 19.1 Å². The Balaban J connectivity index is 1.71. The quantitative estimate of drug-likeness (QED) is 0.448. The molecule has 3 aliphatic rings. The van der Waals surface area contributed by atoms with E-state index in [1.807, 2.05) is 0 Å². The maximum absolute atomic E-state index is 14.3. The molecule has 35 heavy (non-hydrogen) atoms. The van der Waals surface area contributed by atoms with Crippen molar-refractivity contribution in [3.8, 4) is 11.5 Å². The van der Waals surface area contributed by atoms with Crippen LogP contribution >= 0.6 is 0 Å². The summed E-state index contributed by atoms with van der Waals surface area (Å²) in [6.45, 7) is 3.02. The van der Waals surface area contributed by atoms with Crippen LogP contribution in [0.15, 0.2) is 35.9 Å². The molecule has 0 bridgehead atoms. The van der Waals surface area contributed by atoms with Crippen LogP contribution in [0, 0.1) is 11.3 Å². The molecule has 5 N–H and O–H groups in total. The lowest BCUT2D eigenvalue weighted by Crippen LogP contribution is -2.57. The van der Waals surface area contributed by atoms with Crippen molar-refractivity contribution in [2.75, 3.05) is 0 Å². The maximum atomic E-state index is 14.3. The molecule has 2 aromatic rings. The molecule has 0 radical (unpaired) electrons. The first-order valence-corrected chi connectivity index (χ1v) is 12.0. The number of rotatable bonds is 3. The third-order valence-corrected chi connectivity index (χ3v) is 8.12. The number of carbonyl (C=O) groups excluding carboxylic acids is 2. The van der Waals surface area contributed by atoms with E-state index in [4.69, 9.17) is 4.74 Å². The third-order valence-electron chi connectivity index (χ3n) is 8.12. The SMILES string of the molecule is CC(=O)C1=C[C@@]2(CC3CC[C@H](O)[C@H](C)O3)C(=O)c3c(cc4cccc(O)c4c3O)C[C@H]2[C@H](O)[C@@H]1O. The summed E-state index contributed by atoms with van der Waals surface area (Å²) in [5, 5.41) is 54.3. The second kappa shape index (κ2) is 8.41. The molecule has 5 rings (SSSR count). The number of fused-ring (bicyclic) bond motifs is 3. The fourth-order valence-electron chi connectivity index (χ4n) is 6.27. The van der Waals surface area contributed by atoms with Crippen LogP contribution in [-0.4, -0.2) is 67.6 Å². The average Bonchev–Trinajstić information content (AvgIpc) is 2.80. The largest absolute Gasteiger partial charge is 0.507 e. The highest BCUT2D eigenvalue weighted by Gasteiger charge is 2.57. The van der Waals surface area contributed by atoms with Crippen LogP contribution in [0.25, 0.3) is 10.8 Å². The van der Waals surface area contributed by atoms with Gasteiger partial charge >= 0.3 is 0 Å². The van der Waals surface area contributed by atoms with Crippen LogP contribution < -0.4 is 0 Å². The van der Waals surface area contributed by atoms with E-state index in [9.17, 15) is 35.1 Å². The number of ether oxygens (including phenoxy) is 1. The highest BCUT2D eigenvalue weighted by Crippen LogP contribution is 2.54. The number of ketones is 2. The molecule has 2 aromatic carbocycles. The van der Waals surface area contributed by atoms with E-state index in [0.717, 1.165) is 0 Å². The van der Waals surface area contributed by atoms with Gasteiger partial charge in [-0.3, -0.25) is 9.59 Å². The number of aliphatic hydroxyl groups is 3. The minimum atomic E-state index is -1.44. The number of Topliss-reactive ketones (excluding diaryl/α,β-unsaturated/α-hetero) is 2. The topological polar surface area (TPSA) is 145 Å². The monoisotopic (exact) mass is 482 g/mol. The van der Waals surface area contributed by atoms with Gasteiger partial charge < -0.3 is 30.3 Å². The summed E-state index contributed by atoms with van der Waals surface area (Å²) in [4.78, 5) is 26.7. The molecule has 2 aliphatic carbocycles. The molecule has 0 aromatic heterocycles. The first-order chi connectivity index (χ1) is 16.5. The Bertz CT molecular complexity index is 1250. The van der Waals surface area contributed by atoms with Crippen LogP contribution in [0.2, 0.25) is 0 Å². The maximum Gasteiger partial charge on any atom is 0.177 e. The summed E-state index contributed by atoms with van der Waals surface area (Å²) in [5.41, 5.74) is -0.917. The molecule has 8 nitrogen and oxygen atoms in total. The predicted octanol–water partition coefficient (Wildman–Crippen LogP) is 2.16. The van der Waals surface area contributed by atoms with E-state index in [-0.39, 0.29) is 40.9 Å². The number of allylic oxidation sites excluding steroid dienone is 1. The number of aliphatic hydroxyl groups excluding tert-OH is 3. The molecule has 0 amide bonds. The molecule has 0 spiro atoms. The molecule has 1 saturated heterocycles. The van der Waals surface area contributed by atoms with E-state index < -0.39 is 53.4 Å². The van der Waals surface area contributed by atoms with E-state index in [2.05, 4.69) is 0 Å². The lowest BCUT2D eigenvalue weighted by molar-refractivity contribution is -0.128. The van der Waals surface area contributed by atoms with Gasteiger partial charge in [-0.25, -0.2) is 0 Å². The normalized spacial score (nSPS) is 34.8. The average molecular weight is 483 g/mol. The minimum absolute atomic E-state index is 0.0434. The number of aromatic hydroxyl groups is 2. The van der Waals surface area contributed by atoms with E-state index in [1.54, 1.807) is 25.1 Å². The highest BCUT2D eigenvalue weighted by molar-refractivity contribution is 6.12. The van der Waals surface area contributed by atoms with Gasteiger partial charge in [0.15, 0.2) is 11.6 Å².